The summed E-state index contributed by atoms with van der Waals surface area (Å²) in [6.07, 6.45) is -1.43. The Morgan fingerprint density at radius 2 is 1.86 bits per heavy atom. The molecule has 1 N–H and O–H groups in total. The van der Waals surface area contributed by atoms with E-state index in [4.69, 9.17) is 0 Å². The fourth-order valence-corrected chi connectivity index (χ4v) is 1.92. The molecule has 1 aromatic heterocycles. The number of halogens is 2. The fraction of sp³-hybridized carbons (Fsp3) is 0.733. The normalized spacial score (nSPS) is 11.9. The summed E-state index contributed by atoms with van der Waals surface area (Å²) in [5.41, 5.74) is 0.566. The van der Waals surface area contributed by atoms with Gasteiger partial charge in [0, 0.05) is 24.6 Å². The van der Waals surface area contributed by atoms with Crippen molar-refractivity contribution in [1.82, 2.24) is 9.97 Å². The lowest BCUT2D eigenvalue weighted by Crippen LogP contribution is -2.28. The highest BCUT2D eigenvalue weighted by atomic mass is 19.3. The van der Waals surface area contributed by atoms with E-state index in [-0.39, 0.29) is 12.0 Å². The predicted molar refractivity (Wildman–Crippen MR) is 83.5 cm³/mol. The largest absolute Gasteiger partial charge is 0.370 e. The summed E-state index contributed by atoms with van der Waals surface area (Å²) in [5, 5.41) is 3.26. The van der Waals surface area contributed by atoms with E-state index < -0.39 is 6.43 Å². The first-order valence-electron chi connectivity index (χ1n) is 7.29. The molecule has 1 aromatic rings. The minimum absolute atomic E-state index is 0.239. The van der Waals surface area contributed by atoms with Crippen LogP contribution in [-0.2, 0) is 5.41 Å². The van der Waals surface area contributed by atoms with Crippen molar-refractivity contribution in [2.75, 3.05) is 30.4 Å². The van der Waals surface area contributed by atoms with Crippen LogP contribution in [0.5, 0.6) is 0 Å². The van der Waals surface area contributed by atoms with Gasteiger partial charge in [-0.1, -0.05) is 27.7 Å². The Kier molecular flexibility index (Phi) is 5.87. The molecular formula is C15H26F2N4. The zero-order valence-corrected chi connectivity index (χ0v) is 13.8. The van der Waals surface area contributed by atoms with Gasteiger partial charge < -0.3 is 10.2 Å². The number of alkyl halides is 2. The molecule has 4 nitrogen and oxygen atoms in total. The zero-order chi connectivity index (χ0) is 16.2. The highest BCUT2D eigenvalue weighted by molar-refractivity contribution is 5.58. The molecule has 0 radical (unpaired) electrons. The van der Waals surface area contributed by atoms with Crippen LogP contribution in [0.2, 0.25) is 0 Å². The van der Waals surface area contributed by atoms with Crippen molar-refractivity contribution in [3.63, 3.8) is 0 Å². The van der Waals surface area contributed by atoms with Gasteiger partial charge in [0.05, 0.1) is 6.54 Å². The summed E-state index contributed by atoms with van der Waals surface area (Å²) >= 11 is 0. The maximum absolute atomic E-state index is 12.6. The molecule has 0 fully saturated rings. The zero-order valence-electron chi connectivity index (χ0n) is 13.8. The summed E-state index contributed by atoms with van der Waals surface area (Å²) < 4.78 is 25.3. The molecule has 6 heteroatoms. The van der Waals surface area contributed by atoms with Crippen molar-refractivity contribution in [2.45, 2.75) is 52.9 Å². The van der Waals surface area contributed by atoms with E-state index in [9.17, 15) is 8.78 Å². The molecule has 0 saturated heterocycles. The summed E-state index contributed by atoms with van der Waals surface area (Å²) in [4.78, 5) is 10.6. The molecule has 0 amide bonds. The molecule has 0 aliphatic rings. The molecule has 0 atom stereocenters. The second-order valence-corrected chi connectivity index (χ2v) is 6.29. The lowest BCUT2D eigenvalue weighted by atomic mass is 9.95. The smallest absolute Gasteiger partial charge is 0.255 e. The number of hydrogen-bond donors (Lipinski definition) is 1. The third-order valence-electron chi connectivity index (χ3n) is 3.11. The lowest BCUT2D eigenvalue weighted by molar-refractivity contribution is 0.156. The number of anilines is 2. The number of rotatable bonds is 6. The van der Waals surface area contributed by atoms with Crippen LogP contribution in [0.3, 0.4) is 0 Å². The Morgan fingerprint density at radius 1 is 1.24 bits per heavy atom. The molecule has 120 valence electrons. The molecule has 1 rings (SSSR count). The van der Waals surface area contributed by atoms with Crippen molar-refractivity contribution in [3.8, 4) is 0 Å². The van der Waals surface area contributed by atoms with Crippen LogP contribution in [0, 0.1) is 6.92 Å². The summed E-state index contributed by atoms with van der Waals surface area (Å²) in [5.74, 6) is 1.95. The highest BCUT2D eigenvalue weighted by Gasteiger charge is 2.23. The molecule has 1 heterocycles. The number of hydrogen-bond acceptors (Lipinski definition) is 4. The lowest BCUT2D eigenvalue weighted by Gasteiger charge is -2.25. The predicted octanol–water partition coefficient (Wildman–Crippen LogP) is 3.61. The molecule has 0 saturated carbocycles. The number of nitrogens with one attached hydrogen (secondary N) is 1. The van der Waals surface area contributed by atoms with Gasteiger partial charge in [-0.15, -0.1) is 0 Å². The summed E-state index contributed by atoms with van der Waals surface area (Å²) in [6.45, 7) is 10.4. The standard InChI is InChI=1S/C15H26F2N4/c1-7-8-18-12-10(2)13(21(6)9-11(16)17)20-14(19-12)15(3,4)5/h11H,7-9H2,1-6H3,(H,18,19,20). The van der Waals surface area contributed by atoms with E-state index in [1.165, 1.54) is 4.90 Å². The Labute approximate surface area is 126 Å². The third kappa shape index (κ3) is 4.79. The van der Waals surface area contributed by atoms with E-state index in [2.05, 4.69) is 22.2 Å². The molecular weight excluding hydrogens is 274 g/mol. The van der Waals surface area contributed by atoms with Gasteiger partial charge in [0.2, 0.25) is 0 Å². The van der Waals surface area contributed by atoms with Crippen molar-refractivity contribution < 1.29 is 8.78 Å². The number of aromatic nitrogens is 2. The van der Waals surface area contributed by atoms with E-state index in [0.29, 0.717) is 11.6 Å². The van der Waals surface area contributed by atoms with E-state index in [0.717, 1.165) is 24.3 Å². The monoisotopic (exact) mass is 300 g/mol. The quantitative estimate of drug-likeness (QED) is 0.871. The van der Waals surface area contributed by atoms with Crippen LogP contribution in [0.25, 0.3) is 0 Å². The molecule has 0 unspecified atom stereocenters. The molecule has 0 aliphatic carbocycles. The first-order chi connectivity index (χ1) is 9.66. The summed E-state index contributed by atoms with van der Waals surface area (Å²) in [6, 6.07) is 0. The molecule has 0 aromatic carbocycles. The van der Waals surface area contributed by atoms with Crippen molar-refractivity contribution >= 4 is 11.6 Å². The van der Waals surface area contributed by atoms with Gasteiger partial charge in [-0.25, -0.2) is 18.7 Å². The van der Waals surface area contributed by atoms with Gasteiger partial charge in [-0.3, -0.25) is 0 Å². The molecule has 0 spiro atoms. The van der Waals surface area contributed by atoms with Crippen LogP contribution < -0.4 is 10.2 Å². The van der Waals surface area contributed by atoms with Gasteiger partial charge in [-0.2, -0.15) is 0 Å². The van der Waals surface area contributed by atoms with Gasteiger partial charge in [0.15, 0.2) is 0 Å². The average molecular weight is 300 g/mol. The van der Waals surface area contributed by atoms with Crippen molar-refractivity contribution in [2.24, 2.45) is 0 Å². The van der Waals surface area contributed by atoms with E-state index >= 15 is 0 Å². The molecule has 21 heavy (non-hydrogen) atoms. The van der Waals surface area contributed by atoms with E-state index in [1.807, 2.05) is 27.7 Å². The minimum Gasteiger partial charge on any atom is -0.370 e. The Morgan fingerprint density at radius 3 is 2.33 bits per heavy atom. The number of nitrogens with zero attached hydrogens (tertiary/aromatic N) is 3. The first-order valence-corrected chi connectivity index (χ1v) is 7.29. The second kappa shape index (κ2) is 7.00. The van der Waals surface area contributed by atoms with Gasteiger partial charge in [0.25, 0.3) is 6.43 Å². The van der Waals surface area contributed by atoms with Crippen LogP contribution in [0.4, 0.5) is 20.4 Å². The third-order valence-corrected chi connectivity index (χ3v) is 3.11. The van der Waals surface area contributed by atoms with Crippen molar-refractivity contribution in [3.05, 3.63) is 11.4 Å². The average Bonchev–Trinajstić information content (AvgIpc) is 2.35. The molecule has 0 aliphatic heterocycles. The second-order valence-electron chi connectivity index (χ2n) is 6.29. The molecule has 0 bridgehead atoms. The topological polar surface area (TPSA) is 41.1 Å². The van der Waals surface area contributed by atoms with Crippen LogP contribution in [0.15, 0.2) is 0 Å². The minimum atomic E-state index is -2.39. The van der Waals surface area contributed by atoms with Gasteiger partial charge >= 0.3 is 0 Å². The van der Waals surface area contributed by atoms with E-state index in [1.54, 1.807) is 7.05 Å². The maximum Gasteiger partial charge on any atom is 0.255 e. The van der Waals surface area contributed by atoms with Gasteiger partial charge in [-0.05, 0) is 13.3 Å². The SMILES string of the molecule is CCCNc1nc(C(C)(C)C)nc(N(C)CC(F)F)c1C. The first kappa shape index (κ1) is 17.6. The van der Waals surface area contributed by atoms with Crippen LogP contribution >= 0.6 is 0 Å². The Balaban J connectivity index is 3.27. The van der Waals surface area contributed by atoms with Crippen molar-refractivity contribution in [1.29, 1.82) is 0 Å². The highest BCUT2D eigenvalue weighted by Crippen LogP contribution is 2.28. The Hall–Kier alpha value is -1.46. The fourth-order valence-electron chi connectivity index (χ4n) is 1.92. The van der Waals surface area contributed by atoms with Crippen LogP contribution in [-0.4, -0.2) is 36.5 Å². The van der Waals surface area contributed by atoms with Crippen LogP contribution in [0.1, 0.15) is 45.5 Å². The van der Waals surface area contributed by atoms with Gasteiger partial charge in [0.1, 0.15) is 17.5 Å². The summed E-state index contributed by atoms with van der Waals surface area (Å²) in [7, 11) is 1.64. The Bertz CT molecular complexity index is 469. The maximum atomic E-state index is 12.6.